The van der Waals surface area contributed by atoms with E-state index >= 15 is 0 Å². The lowest BCUT2D eigenvalue weighted by Gasteiger charge is -2.38. The van der Waals surface area contributed by atoms with Crippen molar-refractivity contribution in [2.24, 2.45) is 5.41 Å². The Balaban J connectivity index is 1.59. The van der Waals surface area contributed by atoms with Crippen LogP contribution in [0.15, 0.2) is 21.7 Å². The molecule has 2 saturated heterocycles. The summed E-state index contributed by atoms with van der Waals surface area (Å²) in [5.41, 5.74) is -0.0115. The van der Waals surface area contributed by atoms with Crippen LogP contribution in [0.4, 0.5) is 0 Å². The van der Waals surface area contributed by atoms with Gasteiger partial charge >= 0.3 is 0 Å². The average Bonchev–Trinajstić information content (AvgIpc) is 3.36. The predicted molar refractivity (Wildman–Crippen MR) is 112 cm³/mol. The van der Waals surface area contributed by atoms with Crippen LogP contribution in [0.25, 0.3) is 0 Å². The van der Waals surface area contributed by atoms with E-state index in [1.165, 1.54) is 11.3 Å². The number of likely N-dealkylation sites (tertiary alicyclic amines) is 1. The summed E-state index contributed by atoms with van der Waals surface area (Å²) in [5, 5.41) is 4.43. The van der Waals surface area contributed by atoms with Crippen LogP contribution in [0.1, 0.15) is 25.7 Å². The fourth-order valence-corrected chi connectivity index (χ4v) is 7.14. The molecule has 3 rings (SSSR count). The minimum Gasteiger partial charge on any atom is -0.347 e. The number of rotatable bonds is 8. The van der Waals surface area contributed by atoms with Gasteiger partial charge in [-0.3, -0.25) is 9.59 Å². The minimum atomic E-state index is -3.41. The highest BCUT2D eigenvalue weighted by molar-refractivity contribution is 7.98. The maximum absolute atomic E-state index is 12.8. The number of sulfonamides is 1. The van der Waals surface area contributed by atoms with Gasteiger partial charge < -0.3 is 10.2 Å². The molecule has 0 saturated carbocycles. The van der Waals surface area contributed by atoms with Gasteiger partial charge in [0.2, 0.25) is 12.3 Å². The molecule has 1 N–H and O–H groups in total. The van der Waals surface area contributed by atoms with Crippen LogP contribution >= 0.6 is 23.1 Å². The molecule has 0 aromatic carbocycles. The molecule has 2 fully saturated rings. The molecular weight excluding hydrogens is 418 g/mol. The Morgan fingerprint density at radius 1 is 1.36 bits per heavy atom. The van der Waals surface area contributed by atoms with Gasteiger partial charge in [-0.2, -0.15) is 16.1 Å². The van der Waals surface area contributed by atoms with Crippen LogP contribution in [0, 0.1) is 5.41 Å². The third-order valence-corrected chi connectivity index (χ3v) is 9.72. The summed E-state index contributed by atoms with van der Waals surface area (Å²) < 4.78 is 27.4. The van der Waals surface area contributed by atoms with Crippen LogP contribution in [0.5, 0.6) is 0 Å². The first kappa shape index (κ1) is 21.6. The first-order valence-corrected chi connectivity index (χ1v) is 13.1. The summed E-state index contributed by atoms with van der Waals surface area (Å²) in [5.74, 6) is 0.790. The van der Waals surface area contributed by atoms with E-state index in [1.54, 1.807) is 33.6 Å². The highest BCUT2D eigenvalue weighted by atomic mass is 32.2. The number of thiophene rings is 1. The highest BCUT2D eigenvalue weighted by Gasteiger charge is 2.45. The van der Waals surface area contributed by atoms with Crippen LogP contribution < -0.4 is 5.32 Å². The number of thioether (sulfide) groups is 1. The van der Waals surface area contributed by atoms with Gasteiger partial charge in [0, 0.05) is 26.2 Å². The van der Waals surface area contributed by atoms with E-state index in [4.69, 9.17) is 0 Å². The number of hydrogen-bond acceptors (Lipinski definition) is 6. The molecule has 2 amide bonds. The quantitative estimate of drug-likeness (QED) is 0.615. The monoisotopic (exact) mass is 445 g/mol. The van der Waals surface area contributed by atoms with Gasteiger partial charge in [-0.25, -0.2) is 8.42 Å². The van der Waals surface area contributed by atoms with Crippen molar-refractivity contribution in [2.45, 2.75) is 35.9 Å². The standard InChI is InChI=1S/C18H27N3O4S3/c1-26-12-4-15(19-14-22)17(23)20-8-5-18(13-20)6-9-21(10-7-18)28(24,25)16-3-2-11-27-16/h2-3,11,14-15H,4-10,12-13H2,1H3,(H,19,22). The second kappa shape index (κ2) is 9.15. The van der Waals surface area contributed by atoms with E-state index in [9.17, 15) is 18.0 Å². The normalized spacial score (nSPS) is 21.0. The van der Waals surface area contributed by atoms with Crippen LogP contribution in [-0.2, 0) is 19.6 Å². The average molecular weight is 446 g/mol. The van der Waals surface area contributed by atoms with Crippen LogP contribution in [0.2, 0.25) is 0 Å². The number of hydrogen-bond donors (Lipinski definition) is 1. The van der Waals surface area contributed by atoms with Crippen molar-refractivity contribution in [1.82, 2.24) is 14.5 Å². The van der Waals surface area contributed by atoms with E-state index in [1.807, 2.05) is 11.2 Å². The molecule has 156 valence electrons. The van der Waals surface area contributed by atoms with Gasteiger partial charge in [-0.15, -0.1) is 11.3 Å². The second-order valence-electron chi connectivity index (χ2n) is 7.46. The number of carbonyl (C=O) groups is 2. The number of nitrogens with one attached hydrogen (secondary N) is 1. The molecule has 10 heteroatoms. The van der Waals surface area contributed by atoms with Crippen molar-refractivity contribution in [3.8, 4) is 0 Å². The van der Waals surface area contributed by atoms with Gasteiger partial charge in [-0.05, 0) is 54.6 Å². The van der Waals surface area contributed by atoms with E-state index in [2.05, 4.69) is 5.32 Å². The summed E-state index contributed by atoms with van der Waals surface area (Å²) in [7, 11) is -3.41. The van der Waals surface area contributed by atoms with E-state index in [0.717, 1.165) is 25.0 Å². The van der Waals surface area contributed by atoms with Gasteiger partial charge in [0.1, 0.15) is 10.3 Å². The molecule has 2 aliphatic heterocycles. The van der Waals surface area contributed by atoms with Crippen molar-refractivity contribution in [3.05, 3.63) is 17.5 Å². The molecule has 1 aromatic heterocycles. The smallest absolute Gasteiger partial charge is 0.252 e. The molecule has 0 aliphatic carbocycles. The second-order valence-corrected chi connectivity index (χ2v) is 11.6. The SMILES string of the molecule is CSCCC(NC=O)C(=O)N1CCC2(CCN(S(=O)(=O)c3cccs3)CC2)C1. The molecule has 7 nitrogen and oxygen atoms in total. The van der Waals surface area contributed by atoms with Gasteiger partial charge in [0.25, 0.3) is 10.0 Å². The van der Waals surface area contributed by atoms with Crippen molar-refractivity contribution in [1.29, 1.82) is 0 Å². The predicted octanol–water partition coefficient (Wildman–Crippen LogP) is 1.62. The number of piperidine rings is 1. The summed E-state index contributed by atoms with van der Waals surface area (Å²) >= 11 is 2.90. The maximum atomic E-state index is 12.8. The van der Waals surface area contributed by atoms with Crippen molar-refractivity contribution >= 4 is 45.4 Å². The zero-order valence-electron chi connectivity index (χ0n) is 16.0. The van der Waals surface area contributed by atoms with Crippen molar-refractivity contribution in [2.75, 3.05) is 38.2 Å². The maximum Gasteiger partial charge on any atom is 0.252 e. The topological polar surface area (TPSA) is 86.8 Å². The summed E-state index contributed by atoms with van der Waals surface area (Å²) in [6.45, 7) is 2.30. The molecule has 1 unspecified atom stereocenters. The lowest BCUT2D eigenvalue weighted by Crippen LogP contribution is -2.48. The molecule has 3 heterocycles. The fraction of sp³-hybridized carbons (Fsp3) is 0.667. The first-order chi connectivity index (χ1) is 13.4. The molecule has 1 spiro atoms. The third-order valence-electron chi connectivity index (χ3n) is 5.80. The van der Waals surface area contributed by atoms with Crippen LogP contribution in [0.3, 0.4) is 0 Å². The Kier molecular flexibility index (Phi) is 7.06. The summed E-state index contributed by atoms with van der Waals surface area (Å²) in [6, 6.07) is 2.93. The van der Waals surface area contributed by atoms with Crippen LogP contribution in [-0.4, -0.2) is 74.2 Å². The highest BCUT2D eigenvalue weighted by Crippen LogP contribution is 2.41. The molecule has 1 aromatic rings. The molecule has 0 radical (unpaired) electrons. The van der Waals surface area contributed by atoms with Gasteiger partial charge in [0.15, 0.2) is 0 Å². The molecule has 28 heavy (non-hydrogen) atoms. The van der Waals surface area contributed by atoms with Crippen molar-refractivity contribution < 1.29 is 18.0 Å². The minimum absolute atomic E-state index is 0.0115. The number of amides is 2. The Morgan fingerprint density at radius 3 is 2.68 bits per heavy atom. The van der Waals surface area contributed by atoms with Gasteiger partial charge in [-0.1, -0.05) is 6.07 Å². The third kappa shape index (κ3) is 4.55. The Morgan fingerprint density at radius 2 is 2.07 bits per heavy atom. The zero-order chi connectivity index (χ0) is 20.2. The van der Waals surface area contributed by atoms with E-state index in [0.29, 0.717) is 43.2 Å². The molecule has 2 aliphatic rings. The molecular formula is C18H27N3O4S3. The largest absolute Gasteiger partial charge is 0.347 e. The Bertz CT molecular complexity index is 774. The van der Waals surface area contributed by atoms with Gasteiger partial charge in [0.05, 0.1) is 0 Å². The summed E-state index contributed by atoms with van der Waals surface area (Å²) in [4.78, 5) is 25.6. The summed E-state index contributed by atoms with van der Waals surface area (Å²) in [6.07, 6.45) is 5.61. The lowest BCUT2D eigenvalue weighted by atomic mass is 9.78. The molecule has 0 bridgehead atoms. The molecule has 1 atom stereocenters. The van der Waals surface area contributed by atoms with E-state index < -0.39 is 16.1 Å². The lowest BCUT2D eigenvalue weighted by molar-refractivity contribution is -0.134. The number of carbonyl (C=O) groups excluding carboxylic acids is 2. The Hall–Kier alpha value is -1.10. The van der Waals surface area contributed by atoms with E-state index in [-0.39, 0.29) is 11.3 Å². The first-order valence-electron chi connectivity index (χ1n) is 9.43. The Labute approximate surface area is 174 Å². The zero-order valence-corrected chi connectivity index (χ0v) is 18.5. The van der Waals surface area contributed by atoms with Crippen molar-refractivity contribution in [3.63, 3.8) is 0 Å². The number of nitrogens with zero attached hydrogens (tertiary/aromatic N) is 2. The fourth-order valence-electron chi connectivity index (χ4n) is 4.09.